The van der Waals surface area contributed by atoms with E-state index < -0.39 is 11.7 Å². The summed E-state index contributed by atoms with van der Waals surface area (Å²) in [7, 11) is 0. The predicted octanol–water partition coefficient (Wildman–Crippen LogP) is 3.71. The van der Waals surface area contributed by atoms with Gasteiger partial charge in [-0.15, -0.1) is 0 Å². The summed E-state index contributed by atoms with van der Waals surface area (Å²) in [6.07, 6.45) is -0.531. The molecular formula is C20H26F3N5O2. The Balaban J connectivity index is 1.38. The average molecular weight is 425 g/mol. The summed E-state index contributed by atoms with van der Waals surface area (Å²) < 4.78 is 43.1. The number of anilines is 1. The van der Waals surface area contributed by atoms with Crippen molar-refractivity contribution in [3.05, 3.63) is 35.6 Å². The topological polar surface area (TPSA) is 84.2 Å². The summed E-state index contributed by atoms with van der Waals surface area (Å²) in [6.45, 7) is 5.23. The number of aromatic nitrogens is 3. The van der Waals surface area contributed by atoms with Crippen LogP contribution in [-0.4, -0.2) is 40.2 Å². The summed E-state index contributed by atoms with van der Waals surface area (Å²) >= 11 is 0. The lowest BCUT2D eigenvalue weighted by atomic mass is 10.0. The van der Waals surface area contributed by atoms with Gasteiger partial charge in [0.05, 0.1) is 5.56 Å². The van der Waals surface area contributed by atoms with Crippen LogP contribution in [0.2, 0.25) is 0 Å². The SMILES string of the molecule is CC(C)c1noc(CCCC(=O)NC2CCN(c3ccc(C(F)(F)F)cn3)CC2)n1. The number of carbonyl (C=O) groups is 1. The van der Waals surface area contributed by atoms with E-state index in [4.69, 9.17) is 4.52 Å². The molecule has 164 valence electrons. The number of hydrogen-bond acceptors (Lipinski definition) is 6. The third-order valence-electron chi connectivity index (χ3n) is 5.05. The molecule has 0 atom stereocenters. The van der Waals surface area contributed by atoms with E-state index in [1.165, 1.54) is 6.07 Å². The highest BCUT2D eigenvalue weighted by molar-refractivity contribution is 5.76. The van der Waals surface area contributed by atoms with Crippen LogP contribution in [-0.2, 0) is 17.4 Å². The maximum atomic E-state index is 12.6. The van der Waals surface area contributed by atoms with Gasteiger partial charge in [-0.1, -0.05) is 19.0 Å². The summed E-state index contributed by atoms with van der Waals surface area (Å²) in [5.74, 6) is 1.92. The standard InChI is InChI=1S/C20H26F3N5O2/c1-13(2)19-26-18(30-27-19)5-3-4-17(29)25-15-8-10-28(11-9-15)16-7-6-14(12-24-16)20(21,22)23/h6-7,12-13,15H,3-5,8-11H2,1-2H3,(H,25,29). The highest BCUT2D eigenvalue weighted by Crippen LogP contribution is 2.29. The second-order valence-electron chi connectivity index (χ2n) is 7.79. The van der Waals surface area contributed by atoms with Crippen LogP contribution in [0, 0.1) is 0 Å². The molecule has 1 N–H and O–H groups in total. The van der Waals surface area contributed by atoms with Gasteiger partial charge in [-0.05, 0) is 31.4 Å². The van der Waals surface area contributed by atoms with Gasteiger partial charge in [-0.2, -0.15) is 18.2 Å². The third kappa shape index (κ3) is 5.93. The van der Waals surface area contributed by atoms with Gasteiger partial charge in [0.25, 0.3) is 0 Å². The van der Waals surface area contributed by atoms with Gasteiger partial charge in [0.2, 0.25) is 11.8 Å². The quantitative estimate of drug-likeness (QED) is 0.728. The zero-order chi connectivity index (χ0) is 21.7. The van der Waals surface area contributed by atoms with Crippen LogP contribution in [0.4, 0.5) is 19.0 Å². The largest absolute Gasteiger partial charge is 0.417 e. The molecule has 0 bridgehead atoms. The maximum Gasteiger partial charge on any atom is 0.417 e. The number of carbonyl (C=O) groups excluding carboxylic acids is 1. The monoisotopic (exact) mass is 425 g/mol. The molecule has 3 rings (SSSR count). The number of nitrogens with zero attached hydrogens (tertiary/aromatic N) is 4. The number of nitrogens with one attached hydrogen (secondary N) is 1. The van der Waals surface area contributed by atoms with Crippen LogP contribution in [0.25, 0.3) is 0 Å². The molecular weight excluding hydrogens is 399 g/mol. The first kappa shape index (κ1) is 22.0. The molecule has 1 amide bonds. The van der Waals surface area contributed by atoms with Gasteiger partial charge >= 0.3 is 6.18 Å². The molecule has 1 aliphatic rings. The van der Waals surface area contributed by atoms with Crippen molar-refractivity contribution in [2.24, 2.45) is 0 Å². The van der Waals surface area contributed by atoms with Crippen LogP contribution in [0.1, 0.15) is 62.7 Å². The Kier molecular flexibility index (Phi) is 6.94. The summed E-state index contributed by atoms with van der Waals surface area (Å²) in [4.78, 5) is 22.4. The molecule has 0 spiro atoms. The number of hydrogen-bond donors (Lipinski definition) is 1. The molecule has 7 nitrogen and oxygen atoms in total. The van der Waals surface area contributed by atoms with E-state index in [2.05, 4.69) is 20.4 Å². The highest BCUT2D eigenvalue weighted by Gasteiger charge is 2.31. The fourth-order valence-corrected chi connectivity index (χ4v) is 3.30. The zero-order valence-corrected chi connectivity index (χ0v) is 17.1. The second-order valence-corrected chi connectivity index (χ2v) is 7.79. The van der Waals surface area contributed by atoms with Gasteiger partial charge in [-0.25, -0.2) is 4.98 Å². The van der Waals surface area contributed by atoms with Crippen molar-refractivity contribution >= 4 is 11.7 Å². The summed E-state index contributed by atoms with van der Waals surface area (Å²) in [5.41, 5.74) is -0.755. The summed E-state index contributed by atoms with van der Waals surface area (Å²) in [6, 6.07) is 2.49. The van der Waals surface area contributed by atoms with E-state index in [1.807, 2.05) is 18.7 Å². The lowest BCUT2D eigenvalue weighted by molar-refractivity contribution is -0.137. The molecule has 2 aromatic heterocycles. The number of rotatable bonds is 7. The van der Waals surface area contributed by atoms with Crippen molar-refractivity contribution in [1.29, 1.82) is 0 Å². The van der Waals surface area contributed by atoms with Crippen molar-refractivity contribution in [2.45, 2.75) is 64.1 Å². The first-order valence-corrected chi connectivity index (χ1v) is 10.1. The number of amides is 1. The van der Waals surface area contributed by atoms with E-state index in [0.717, 1.165) is 25.1 Å². The molecule has 0 aromatic carbocycles. The molecule has 0 radical (unpaired) electrons. The number of alkyl halides is 3. The molecule has 0 unspecified atom stereocenters. The fraction of sp³-hybridized carbons (Fsp3) is 0.600. The minimum atomic E-state index is -4.39. The number of halogens is 3. The van der Waals surface area contributed by atoms with Crippen molar-refractivity contribution < 1.29 is 22.5 Å². The van der Waals surface area contributed by atoms with E-state index in [9.17, 15) is 18.0 Å². The molecule has 0 saturated carbocycles. The first-order valence-electron chi connectivity index (χ1n) is 10.1. The minimum absolute atomic E-state index is 0.0234. The molecule has 3 heterocycles. The Morgan fingerprint density at radius 1 is 1.30 bits per heavy atom. The number of piperidine rings is 1. The van der Waals surface area contributed by atoms with Crippen LogP contribution in [0.5, 0.6) is 0 Å². The van der Waals surface area contributed by atoms with Crippen LogP contribution in [0.3, 0.4) is 0 Å². The lowest BCUT2D eigenvalue weighted by Crippen LogP contribution is -2.44. The Bertz CT molecular complexity index is 828. The maximum absolute atomic E-state index is 12.6. The average Bonchev–Trinajstić information content (AvgIpc) is 3.17. The Hall–Kier alpha value is -2.65. The third-order valence-corrected chi connectivity index (χ3v) is 5.05. The van der Waals surface area contributed by atoms with Crippen molar-refractivity contribution in [3.63, 3.8) is 0 Å². The van der Waals surface area contributed by atoms with Crippen LogP contribution < -0.4 is 10.2 Å². The Morgan fingerprint density at radius 2 is 2.03 bits per heavy atom. The molecule has 0 aliphatic carbocycles. The molecule has 2 aromatic rings. The predicted molar refractivity (Wildman–Crippen MR) is 104 cm³/mol. The first-order chi connectivity index (χ1) is 14.2. The van der Waals surface area contributed by atoms with Gasteiger partial charge < -0.3 is 14.7 Å². The fourth-order valence-electron chi connectivity index (χ4n) is 3.30. The van der Waals surface area contributed by atoms with Gasteiger partial charge in [0.1, 0.15) is 5.82 Å². The zero-order valence-electron chi connectivity index (χ0n) is 17.1. The Morgan fingerprint density at radius 3 is 2.60 bits per heavy atom. The molecule has 30 heavy (non-hydrogen) atoms. The molecule has 10 heteroatoms. The van der Waals surface area contributed by atoms with Crippen molar-refractivity contribution in [2.75, 3.05) is 18.0 Å². The van der Waals surface area contributed by atoms with Gasteiger partial charge in [0.15, 0.2) is 5.82 Å². The molecule has 1 aliphatic heterocycles. The summed E-state index contributed by atoms with van der Waals surface area (Å²) in [5, 5.41) is 6.93. The normalized spacial score (nSPS) is 15.6. The highest BCUT2D eigenvalue weighted by atomic mass is 19.4. The van der Waals surface area contributed by atoms with Crippen molar-refractivity contribution in [1.82, 2.24) is 20.4 Å². The van der Waals surface area contributed by atoms with Crippen molar-refractivity contribution in [3.8, 4) is 0 Å². The van der Waals surface area contributed by atoms with E-state index in [-0.39, 0.29) is 17.9 Å². The molecule has 1 saturated heterocycles. The van der Waals surface area contributed by atoms with Crippen LogP contribution in [0.15, 0.2) is 22.9 Å². The number of aryl methyl sites for hydroxylation is 1. The van der Waals surface area contributed by atoms with E-state index in [1.54, 1.807) is 0 Å². The Labute approximate surface area is 173 Å². The van der Waals surface area contributed by atoms with Gasteiger partial charge in [0, 0.05) is 44.1 Å². The van der Waals surface area contributed by atoms with Gasteiger partial charge in [-0.3, -0.25) is 4.79 Å². The minimum Gasteiger partial charge on any atom is -0.356 e. The van der Waals surface area contributed by atoms with Crippen LogP contribution >= 0.6 is 0 Å². The van der Waals surface area contributed by atoms with E-state index >= 15 is 0 Å². The second kappa shape index (κ2) is 9.44. The van der Waals surface area contributed by atoms with E-state index in [0.29, 0.717) is 49.9 Å². The lowest BCUT2D eigenvalue weighted by Gasteiger charge is -2.33. The number of pyridine rings is 1. The smallest absolute Gasteiger partial charge is 0.356 e. The molecule has 1 fully saturated rings.